The van der Waals surface area contributed by atoms with E-state index < -0.39 is 17.8 Å². The number of benzene rings is 4. The molecule has 0 fully saturated rings. The molecule has 0 bridgehead atoms. The van der Waals surface area contributed by atoms with Crippen LogP contribution in [0.1, 0.15) is 33.0 Å². The zero-order valence-electron chi connectivity index (χ0n) is 24.5. The van der Waals surface area contributed by atoms with E-state index in [1.54, 1.807) is 12.1 Å². The van der Waals surface area contributed by atoms with Crippen LogP contribution in [-0.4, -0.2) is 51.9 Å². The number of nitrogens with one attached hydrogen (secondary N) is 2. The Morgan fingerprint density at radius 1 is 0.800 bits per heavy atom. The number of carbonyl (C=O) groups excluding carboxylic acids is 3. The minimum atomic E-state index is -0.704. The number of ether oxygens (including phenoxy) is 4. The summed E-state index contributed by atoms with van der Waals surface area (Å²) in [5, 5.41) is 6.71. The van der Waals surface area contributed by atoms with E-state index in [1.807, 2.05) is 60.7 Å². The summed E-state index contributed by atoms with van der Waals surface area (Å²) >= 11 is 6.83. The van der Waals surface area contributed by atoms with Crippen molar-refractivity contribution in [3.8, 4) is 23.0 Å². The summed E-state index contributed by atoms with van der Waals surface area (Å²) in [4.78, 5) is 39.0. The maximum absolute atomic E-state index is 13.2. The highest BCUT2D eigenvalue weighted by atomic mass is 79.9. The molecular formula is C33H29Br2N3O7. The molecule has 4 aromatic rings. The number of nitrogens with zero attached hydrogens (tertiary/aromatic N) is 1. The molecule has 0 saturated carbocycles. The average Bonchev–Trinajstić information content (AvgIpc) is 3.05. The fourth-order valence-corrected chi connectivity index (χ4v) is 5.74. The molecule has 0 spiro atoms. The van der Waals surface area contributed by atoms with Crippen LogP contribution in [0.2, 0.25) is 0 Å². The number of amides is 2. The molecule has 2 N–H and O–H groups in total. The van der Waals surface area contributed by atoms with Crippen molar-refractivity contribution < 1.29 is 33.3 Å². The molecule has 12 heteroatoms. The fraction of sp³-hybridized carbons (Fsp3) is 0.152. The number of rotatable bonds is 12. The normalized spacial score (nSPS) is 10.8. The predicted octanol–water partition coefficient (Wildman–Crippen LogP) is 5.86. The molecule has 0 saturated heterocycles. The zero-order chi connectivity index (χ0) is 32.3. The van der Waals surface area contributed by atoms with Gasteiger partial charge in [-0.1, -0.05) is 76.6 Å². The Balaban J connectivity index is 1.45. The summed E-state index contributed by atoms with van der Waals surface area (Å²) in [6.07, 6.45) is 1.32. The van der Waals surface area contributed by atoms with Crippen molar-refractivity contribution in [3.63, 3.8) is 0 Å². The van der Waals surface area contributed by atoms with Gasteiger partial charge in [0, 0.05) is 10.0 Å². The van der Waals surface area contributed by atoms with Gasteiger partial charge < -0.3 is 24.3 Å². The first kappa shape index (κ1) is 33.2. The third-order valence-electron chi connectivity index (χ3n) is 6.48. The Kier molecular flexibility index (Phi) is 11.7. The van der Waals surface area contributed by atoms with Crippen LogP contribution in [0, 0.1) is 0 Å². The Hall–Kier alpha value is -4.68. The van der Waals surface area contributed by atoms with E-state index in [1.165, 1.54) is 39.7 Å². The van der Waals surface area contributed by atoms with Crippen LogP contribution in [0.5, 0.6) is 23.0 Å². The number of hydrazone groups is 1. The first-order valence-electron chi connectivity index (χ1n) is 13.5. The van der Waals surface area contributed by atoms with Crippen molar-refractivity contribution in [2.45, 2.75) is 5.92 Å². The lowest BCUT2D eigenvalue weighted by Crippen LogP contribution is -2.37. The van der Waals surface area contributed by atoms with Gasteiger partial charge in [-0.25, -0.2) is 10.2 Å². The van der Waals surface area contributed by atoms with E-state index in [0.717, 1.165) is 11.1 Å². The Morgan fingerprint density at radius 2 is 1.38 bits per heavy atom. The van der Waals surface area contributed by atoms with Crippen LogP contribution in [-0.2, 0) is 9.59 Å². The first-order valence-corrected chi connectivity index (χ1v) is 15.0. The van der Waals surface area contributed by atoms with Crippen molar-refractivity contribution in [1.29, 1.82) is 0 Å². The molecular weight excluding hydrogens is 710 g/mol. The molecule has 0 aliphatic rings. The van der Waals surface area contributed by atoms with Gasteiger partial charge in [0.25, 0.3) is 5.91 Å². The zero-order valence-corrected chi connectivity index (χ0v) is 27.7. The van der Waals surface area contributed by atoms with Gasteiger partial charge in [0.05, 0.1) is 50.0 Å². The predicted molar refractivity (Wildman–Crippen MR) is 176 cm³/mol. The highest BCUT2D eigenvalue weighted by molar-refractivity contribution is 9.11. The monoisotopic (exact) mass is 737 g/mol. The lowest BCUT2D eigenvalue weighted by Gasteiger charge is -2.17. The number of methoxy groups -OCH3 is 3. The van der Waals surface area contributed by atoms with Crippen molar-refractivity contribution in [2.24, 2.45) is 5.10 Å². The summed E-state index contributed by atoms with van der Waals surface area (Å²) < 4.78 is 22.8. The van der Waals surface area contributed by atoms with Gasteiger partial charge in [0.2, 0.25) is 11.7 Å². The molecule has 2 amide bonds. The average molecular weight is 739 g/mol. The summed E-state index contributed by atoms with van der Waals surface area (Å²) in [6, 6.07) is 24.9. The number of hydrogen-bond donors (Lipinski definition) is 2. The third-order valence-corrected chi connectivity index (χ3v) is 7.52. The smallest absolute Gasteiger partial charge is 0.343 e. The fourth-order valence-electron chi connectivity index (χ4n) is 4.40. The molecule has 0 unspecified atom stereocenters. The van der Waals surface area contributed by atoms with E-state index in [-0.39, 0.29) is 35.3 Å². The summed E-state index contributed by atoms with van der Waals surface area (Å²) in [6.45, 7) is -0.308. The maximum atomic E-state index is 13.2. The van der Waals surface area contributed by atoms with Crippen LogP contribution in [0.15, 0.2) is 99.0 Å². The van der Waals surface area contributed by atoms with Crippen molar-refractivity contribution >= 4 is 55.9 Å². The van der Waals surface area contributed by atoms with Gasteiger partial charge in [-0.2, -0.15) is 5.10 Å². The molecule has 10 nitrogen and oxygen atoms in total. The minimum absolute atomic E-state index is 0.149. The standard InChI is InChI=1S/C33H29Br2N3O7/c1-42-26-15-22(16-27(43-2)31(26)44-3)33(41)45-30-23(14-24(34)17-25(30)35)18-37-38-28(39)19-36-32(40)29(20-10-6-4-7-11-20)21-12-8-5-9-13-21/h4-18,29H,19H2,1-3H3,(H,36,40)(H,38,39). The van der Waals surface area contributed by atoms with Crippen LogP contribution in [0.3, 0.4) is 0 Å². The van der Waals surface area contributed by atoms with E-state index in [4.69, 9.17) is 18.9 Å². The molecule has 4 aromatic carbocycles. The second kappa shape index (κ2) is 15.9. The van der Waals surface area contributed by atoms with Crippen LogP contribution in [0.25, 0.3) is 0 Å². The van der Waals surface area contributed by atoms with E-state index in [0.29, 0.717) is 20.3 Å². The number of carbonyl (C=O) groups is 3. The topological polar surface area (TPSA) is 125 Å². The molecule has 0 aromatic heterocycles. The molecule has 232 valence electrons. The second-order valence-corrected chi connectivity index (χ2v) is 11.1. The largest absolute Gasteiger partial charge is 0.493 e. The molecule has 0 atom stereocenters. The Labute approximate surface area is 277 Å². The third kappa shape index (κ3) is 8.49. The highest BCUT2D eigenvalue weighted by Crippen LogP contribution is 2.39. The van der Waals surface area contributed by atoms with E-state index in [2.05, 4.69) is 47.7 Å². The van der Waals surface area contributed by atoms with Crippen molar-refractivity contribution in [1.82, 2.24) is 10.7 Å². The van der Waals surface area contributed by atoms with Gasteiger partial charge in [0.1, 0.15) is 0 Å². The van der Waals surface area contributed by atoms with E-state index >= 15 is 0 Å². The number of hydrogen-bond acceptors (Lipinski definition) is 8. The molecule has 4 rings (SSSR count). The van der Waals surface area contributed by atoms with Gasteiger partial charge >= 0.3 is 5.97 Å². The Bertz CT molecular complexity index is 1640. The molecule has 45 heavy (non-hydrogen) atoms. The molecule has 0 aliphatic heterocycles. The van der Waals surface area contributed by atoms with Gasteiger partial charge in [-0.05, 0) is 51.3 Å². The van der Waals surface area contributed by atoms with Crippen LogP contribution in [0.4, 0.5) is 0 Å². The SMILES string of the molecule is COc1cc(C(=O)Oc2c(Br)cc(Br)cc2C=NNC(=O)CNC(=O)C(c2ccccc2)c2ccccc2)cc(OC)c1OC. The quantitative estimate of drug-likeness (QED) is 0.0809. The van der Waals surface area contributed by atoms with E-state index in [9.17, 15) is 14.4 Å². The first-order chi connectivity index (χ1) is 21.7. The van der Waals surface area contributed by atoms with Gasteiger partial charge in [-0.15, -0.1) is 0 Å². The van der Waals surface area contributed by atoms with Crippen molar-refractivity contribution in [2.75, 3.05) is 27.9 Å². The number of esters is 1. The minimum Gasteiger partial charge on any atom is -0.493 e. The maximum Gasteiger partial charge on any atom is 0.343 e. The van der Waals surface area contributed by atoms with Crippen LogP contribution < -0.4 is 29.7 Å². The van der Waals surface area contributed by atoms with Crippen LogP contribution >= 0.6 is 31.9 Å². The molecule has 0 heterocycles. The Morgan fingerprint density at radius 3 is 1.91 bits per heavy atom. The van der Waals surface area contributed by atoms with Gasteiger partial charge in [-0.3, -0.25) is 9.59 Å². The lowest BCUT2D eigenvalue weighted by atomic mass is 9.90. The summed E-state index contributed by atoms with van der Waals surface area (Å²) in [5.41, 5.74) is 4.51. The lowest BCUT2D eigenvalue weighted by molar-refractivity contribution is -0.126. The highest BCUT2D eigenvalue weighted by Gasteiger charge is 2.23. The molecule has 0 radical (unpaired) electrons. The molecule has 0 aliphatic carbocycles. The summed E-state index contributed by atoms with van der Waals surface area (Å²) in [5.74, 6) is -1.12. The summed E-state index contributed by atoms with van der Waals surface area (Å²) in [7, 11) is 4.34. The number of halogens is 2. The second-order valence-electron chi connectivity index (χ2n) is 9.37. The van der Waals surface area contributed by atoms with Crippen molar-refractivity contribution in [3.05, 3.63) is 116 Å². The van der Waals surface area contributed by atoms with Gasteiger partial charge in [0.15, 0.2) is 17.2 Å².